The van der Waals surface area contributed by atoms with Gasteiger partial charge in [-0.3, -0.25) is 4.79 Å². The Morgan fingerprint density at radius 3 is 2.80 bits per heavy atom. The molecule has 5 heteroatoms. The first-order chi connectivity index (χ1) is 7.15. The molecule has 1 amide bonds. The molecular weight excluding hydrogens is 199 g/mol. The van der Waals surface area contributed by atoms with Crippen molar-refractivity contribution < 1.29 is 13.9 Å². The predicted octanol–water partition coefficient (Wildman–Crippen LogP) is 0.539. The molecule has 0 unspecified atom stereocenters. The van der Waals surface area contributed by atoms with Crippen LogP contribution in [0.2, 0.25) is 0 Å². The molecule has 1 rings (SSSR count). The van der Waals surface area contributed by atoms with Gasteiger partial charge in [0, 0.05) is 12.1 Å². The molecule has 4 N–H and O–H groups in total. The average molecular weight is 212 g/mol. The van der Waals surface area contributed by atoms with Gasteiger partial charge in [-0.25, -0.2) is 4.39 Å². The maximum Gasteiger partial charge on any atom is 0.220 e. The van der Waals surface area contributed by atoms with Gasteiger partial charge < -0.3 is 16.2 Å². The number of carbonyl (C=O) groups excluding carboxylic acids is 1. The number of halogens is 1. The zero-order valence-electron chi connectivity index (χ0n) is 8.20. The molecule has 82 valence electrons. The van der Waals surface area contributed by atoms with Crippen molar-refractivity contribution in [1.29, 1.82) is 0 Å². The van der Waals surface area contributed by atoms with Crippen molar-refractivity contribution in [3.05, 3.63) is 29.6 Å². The summed E-state index contributed by atoms with van der Waals surface area (Å²) in [6, 6.07) is 4.43. The van der Waals surface area contributed by atoms with Crippen LogP contribution in [0, 0.1) is 5.82 Å². The summed E-state index contributed by atoms with van der Waals surface area (Å²) in [4.78, 5) is 10.5. The molecule has 0 radical (unpaired) electrons. The maximum absolute atomic E-state index is 13.2. The molecule has 0 heterocycles. The molecule has 0 aliphatic rings. The number of nitrogens with two attached hydrogens (primary N) is 2. The molecule has 0 bridgehead atoms. The van der Waals surface area contributed by atoms with E-state index in [4.69, 9.17) is 16.2 Å². The highest BCUT2D eigenvalue weighted by molar-refractivity contribution is 5.73. The highest BCUT2D eigenvalue weighted by Crippen LogP contribution is 2.20. The lowest BCUT2D eigenvalue weighted by Gasteiger charge is -2.09. The third-order valence-electron chi connectivity index (χ3n) is 1.89. The van der Waals surface area contributed by atoms with Crippen LogP contribution in [0.5, 0.6) is 5.75 Å². The first-order valence-corrected chi connectivity index (χ1v) is 4.53. The van der Waals surface area contributed by atoms with E-state index in [2.05, 4.69) is 0 Å². The smallest absolute Gasteiger partial charge is 0.220 e. The van der Waals surface area contributed by atoms with Gasteiger partial charge >= 0.3 is 0 Å². The predicted molar refractivity (Wildman–Crippen MR) is 53.6 cm³/mol. The number of rotatable bonds is 5. The maximum atomic E-state index is 13.2. The van der Waals surface area contributed by atoms with Crippen molar-refractivity contribution in [2.75, 3.05) is 6.61 Å². The first-order valence-electron chi connectivity index (χ1n) is 4.53. The van der Waals surface area contributed by atoms with Crippen LogP contribution in [0.1, 0.15) is 12.0 Å². The fourth-order valence-electron chi connectivity index (χ4n) is 1.13. The largest absolute Gasteiger partial charge is 0.493 e. The summed E-state index contributed by atoms with van der Waals surface area (Å²) in [6.07, 6.45) is 0.0977. The molecule has 0 aromatic heterocycles. The Balaban J connectivity index is 2.67. The molecule has 1 aromatic carbocycles. The van der Waals surface area contributed by atoms with Gasteiger partial charge in [0.2, 0.25) is 5.91 Å². The van der Waals surface area contributed by atoms with Crippen molar-refractivity contribution in [3.63, 3.8) is 0 Å². The highest BCUT2D eigenvalue weighted by atomic mass is 19.1. The van der Waals surface area contributed by atoms with E-state index in [1.165, 1.54) is 12.1 Å². The second kappa shape index (κ2) is 5.31. The third kappa shape index (κ3) is 3.21. The summed E-state index contributed by atoms with van der Waals surface area (Å²) < 4.78 is 18.4. The number of hydrogen-bond acceptors (Lipinski definition) is 3. The van der Waals surface area contributed by atoms with Gasteiger partial charge in [0.25, 0.3) is 0 Å². The number of ether oxygens (including phenoxy) is 1. The Hall–Kier alpha value is -1.62. The van der Waals surface area contributed by atoms with Crippen molar-refractivity contribution in [2.24, 2.45) is 11.5 Å². The van der Waals surface area contributed by atoms with E-state index in [-0.39, 0.29) is 19.6 Å². The van der Waals surface area contributed by atoms with Crippen LogP contribution in [-0.4, -0.2) is 12.5 Å². The summed E-state index contributed by atoms with van der Waals surface area (Å²) in [7, 11) is 0. The van der Waals surface area contributed by atoms with Gasteiger partial charge in [0.05, 0.1) is 13.0 Å². The Labute approximate surface area is 87.0 Å². The first kappa shape index (κ1) is 11.5. The van der Waals surface area contributed by atoms with E-state index >= 15 is 0 Å². The minimum Gasteiger partial charge on any atom is -0.493 e. The van der Waals surface area contributed by atoms with Gasteiger partial charge in [-0.1, -0.05) is 6.07 Å². The second-order valence-electron chi connectivity index (χ2n) is 2.99. The molecule has 0 saturated carbocycles. The molecule has 0 aliphatic carbocycles. The molecule has 1 aromatic rings. The second-order valence-corrected chi connectivity index (χ2v) is 2.99. The van der Waals surface area contributed by atoms with Gasteiger partial charge in [0.15, 0.2) is 0 Å². The zero-order chi connectivity index (χ0) is 11.3. The summed E-state index contributed by atoms with van der Waals surface area (Å²) in [5.74, 6) is -0.506. The van der Waals surface area contributed by atoms with Gasteiger partial charge in [0.1, 0.15) is 11.6 Å². The Bertz CT molecular complexity index is 355. The third-order valence-corrected chi connectivity index (χ3v) is 1.89. The lowest BCUT2D eigenvalue weighted by atomic mass is 10.2. The molecule has 0 fully saturated rings. The van der Waals surface area contributed by atoms with Gasteiger partial charge in [-0.05, 0) is 12.1 Å². The van der Waals surface area contributed by atoms with Crippen LogP contribution in [-0.2, 0) is 11.3 Å². The molecule has 15 heavy (non-hydrogen) atoms. The number of carbonyl (C=O) groups is 1. The fourth-order valence-corrected chi connectivity index (χ4v) is 1.13. The van der Waals surface area contributed by atoms with Crippen LogP contribution in [0.4, 0.5) is 4.39 Å². The van der Waals surface area contributed by atoms with Crippen LogP contribution in [0.15, 0.2) is 18.2 Å². The van der Waals surface area contributed by atoms with Crippen LogP contribution in [0.3, 0.4) is 0 Å². The van der Waals surface area contributed by atoms with E-state index in [9.17, 15) is 9.18 Å². The lowest BCUT2D eigenvalue weighted by Crippen LogP contribution is -2.15. The van der Waals surface area contributed by atoms with Crippen molar-refractivity contribution >= 4 is 5.91 Å². The zero-order valence-corrected chi connectivity index (χ0v) is 8.20. The standard InChI is InChI=1S/C10H13FN2O2/c11-8-2-1-3-9(7(8)6-12)15-5-4-10(13)14/h1-3H,4-6,12H2,(H2,13,14). The molecule has 0 spiro atoms. The van der Waals surface area contributed by atoms with E-state index in [0.717, 1.165) is 0 Å². The topological polar surface area (TPSA) is 78.3 Å². The summed E-state index contributed by atoms with van der Waals surface area (Å²) in [5, 5.41) is 0. The van der Waals surface area contributed by atoms with E-state index in [0.29, 0.717) is 11.3 Å². The number of amides is 1. The average Bonchev–Trinajstić information content (AvgIpc) is 2.17. The van der Waals surface area contributed by atoms with Crippen molar-refractivity contribution in [3.8, 4) is 5.75 Å². The number of primary amides is 1. The molecule has 0 saturated heterocycles. The molecule has 0 atom stereocenters. The van der Waals surface area contributed by atoms with E-state index in [1.807, 2.05) is 0 Å². The molecule has 0 aliphatic heterocycles. The summed E-state index contributed by atoms with van der Waals surface area (Å²) >= 11 is 0. The van der Waals surface area contributed by atoms with Crippen LogP contribution >= 0.6 is 0 Å². The van der Waals surface area contributed by atoms with Crippen LogP contribution < -0.4 is 16.2 Å². The van der Waals surface area contributed by atoms with Gasteiger partial charge in [-0.15, -0.1) is 0 Å². The summed E-state index contributed by atoms with van der Waals surface area (Å²) in [6.45, 7) is 0.185. The van der Waals surface area contributed by atoms with E-state index in [1.54, 1.807) is 6.07 Å². The van der Waals surface area contributed by atoms with Gasteiger partial charge in [-0.2, -0.15) is 0 Å². The SMILES string of the molecule is NCc1c(F)cccc1OCCC(N)=O. The van der Waals surface area contributed by atoms with Crippen LogP contribution in [0.25, 0.3) is 0 Å². The Kier molecular flexibility index (Phi) is 4.05. The summed E-state index contributed by atoms with van der Waals surface area (Å²) in [5.41, 5.74) is 10.6. The highest BCUT2D eigenvalue weighted by Gasteiger charge is 2.07. The Morgan fingerprint density at radius 1 is 1.47 bits per heavy atom. The Morgan fingerprint density at radius 2 is 2.20 bits per heavy atom. The normalized spacial score (nSPS) is 10.0. The lowest BCUT2D eigenvalue weighted by molar-refractivity contribution is -0.118. The molecule has 4 nitrogen and oxygen atoms in total. The number of hydrogen-bond donors (Lipinski definition) is 2. The van der Waals surface area contributed by atoms with Crippen molar-refractivity contribution in [1.82, 2.24) is 0 Å². The van der Waals surface area contributed by atoms with E-state index < -0.39 is 11.7 Å². The minimum absolute atomic E-state index is 0.0541. The monoisotopic (exact) mass is 212 g/mol. The molecular formula is C10H13FN2O2. The minimum atomic E-state index is -0.458. The van der Waals surface area contributed by atoms with Crippen molar-refractivity contribution in [2.45, 2.75) is 13.0 Å². The quantitative estimate of drug-likeness (QED) is 0.747. The number of benzene rings is 1. The fraction of sp³-hybridized carbons (Fsp3) is 0.300.